The van der Waals surface area contributed by atoms with Gasteiger partial charge in [0, 0.05) is 12.2 Å². The highest BCUT2D eigenvalue weighted by Gasteiger charge is 2.40. The molecule has 0 radical (unpaired) electrons. The van der Waals surface area contributed by atoms with Crippen LogP contribution in [0.2, 0.25) is 0 Å². The molecule has 0 saturated carbocycles. The number of hydrogen-bond acceptors (Lipinski definition) is 2. The van der Waals surface area contributed by atoms with Crippen LogP contribution in [-0.4, -0.2) is 19.0 Å². The van der Waals surface area contributed by atoms with Gasteiger partial charge in [-0.25, -0.2) is 4.39 Å². The molecule has 0 aromatic heterocycles. The van der Waals surface area contributed by atoms with Gasteiger partial charge < -0.3 is 10.6 Å². The molecule has 0 bridgehead atoms. The van der Waals surface area contributed by atoms with Crippen molar-refractivity contribution in [2.75, 3.05) is 18.4 Å². The molecule has 4 heteroatoms. The van der Waals surface area contributed by atoms with Gasteiger partial charge >= 0.3 is 0 Å². The van der Waals surface area contributed by atoms with E-state index in [1.807, 2.05) is 0 Å². The van der Waals surface area contributed by atoms with Crippen LogP contribution in [0.4, 0.5) is 10.1 Å². The topological polar surface area (TPSA) is 41.1 Å². The Bertz CT molecular complexity index is 467. The normalized spacial score (nSPS) is 22.5. The number of aryl methyl sites for hydroxylation is 1. The van der Waals surface area contributed by atoms with Gasteiger partial charge in [-0.2, -0.15) is 0 Å². The number of hydrogen-bond donors (Lipinski definition) is 2. The maximum absolute atomic E-state index is 13.1. The number of carbonyl (C=O) groups excluding carboxylic acids is 1. The minimum absolute atomic E-state index is 0.0501. The highest BCUT2D eigenvalue weighted by molar-refractivity contribution is 5.96. The second kappa shape index (κ2) is 5.70. The average molecular weight is 264 g/mol. The molecule has 1 saturated heterocycles. The molecule has 19 heavy (non-hydrogen) atoms. The molecule has 0 aliphatic carbocycles. The standard InChI is InChI=1S/C15H21FN2O/c1-3-6-15(7-8-17-10-15)14(19)18-13-5-4-12(16)9-11(13)2/h4-5,9,17H,3,6-8,10H2,1-2H3,(H,18,19). The zero-order valence-corrected chi connectivity index (χ0v) is 11.6. The van der Waals surface area contributed by atoms with E-state index in [9.17, 15) is 9.18 Å². The van der Waals surface area contributed by atoms with Crippen molar-refractivity contribution >= 4 is 11.6 Å². The summed E-state index contributed by atoms with van der Waals surface area (Å²) in [5, 5.41) is 6.23. The fourth-order valence-electron chi connectivity index (χ4n) is 2.77. The Hall–Kier alpha value is -1.42. The van der Waals surface area contributed by atoms with E-state index in [0.29, 0.717) is 5.69 Å². The summed E-state index contributed by atoms with van der Waals surface area (Å²) in [7, 11) is 0. The number of amides is 1. The Morgan fingerprint density at radius 3 is 2.89 bits per heavy atom. The van der Waals surface area contributed by atoms with Crippen LogP contribution in [0, 0.1) is 18.2 Å². The summed E-state index contributed by atoms with van der Waals surface area (Å²) in [6.07, 6.45) is 2.73. The summed E-state index contributed by atoms with van der Waals surface area (Å²) in [4.78, 5) is 12.5. The average Bonchev–Trinajstić information content (AvgIpc) is 2.83. The van der Waals surface area contributed by atoms with E-state index in [0.717, 1.165) is 37.9 Å². The lowest BCUT2D eigenvalue weighted by Gasteiger charge is -2.26. The van der Waals surface area contributed by atoms with Gasteiger partial charge in [0.2, 0.25) is 5.91 Å². The third-order valence-corrected chi connectivity index (χ3v) is 3.89. The summed E-state index contributed by atoms with van der Waals surface area (Å²) in [5.74, 6) is -0.227. The molecule has 0 spiro atoms. The third kappa shape index (κ3) is 2.95. The molecule has 1 heterocycles. The number of benzene rings is 1. The predicted octanol–water partition coefficient (Wildman–Crippen LogP) is 2.85. The van der Waals surface area contributed by atoms with Crippen LogP contribution < -0.4 is 10.6 Å². The lowest BCUT2D eigenvalue weighted by atomic mass is 9.81. The molecular formula is C15H21FN2O. The first-order valence-corrected chi connectivity index (χ1v) is 6.86. The van der Waals surface area contributed by atoms with Crippen LogP contribution in [0.1, 0.15) is 31.7 Å². The molecule has 1 aliphatic rings. The zero-order valence-electron chi connectivity index (χ0n) is 11.6. The molecule has 2 rings (SSSR count). The van der Waals surface area contributed by atoms with Crippen molar-refractivity contribution in [2.24, 2.45) is 5.41 Å². The minimum atomic E-state index is -0.310. The Labute approximate surface area is 113 Å². The number of anilines is 1. The highest BCUT2D eigenvalue weighted by atomic mass is 19.1. The first-order valence-electron chi connectivity index (χ1n) is 6.86. The highest BCUT2D eigenvalue weighted by Crippen LogP contribution is 2.33. The molecule has 3 nitrogen and oxygen atoms in total. The monoisotopic (exact) mass is 264 g/mol. The quantitative estimate of drug-likeness (QED) is 0.878. The lowest BCUT2D eigenvalue weighted by molar-refractivity contribution is -0.125. The number of halogens is 1. The molecular weight excluding hydrogens is 243 g/mol. The Morgan fingerprint density at radius 1 is 1.53 bits per heavy atom. The summed E-state index contributed by atoms with van der Waals surface area (Å²) < 4.78 is 13.1. The first-order chi connectivity index (χ1) is 9.07. The molecule has 1 amide bonds. The van der Waals surface area contributed by atoms with E-state index >= 15 is 0 Å². The molecule has 1 aliphatic heterocycles. The van der Waals surface area contributed by atoms with Gasteiger partial charge in [-0.15, -0.1) is 0 Å². The fraction of sp³-hybridized carbons (Fsp3) is 0.533. The van der Waals surface area contributed by atoms with Gasteiger partial charge in [0.25, 0.3) is 0 Å². The second-order valence-corrected chi connectivity index (χ2v) is 5.37. The number of rotatable bonds is 4. The maximum Gasteiger partial charge on any atom is 0.231 e. The summed E-state index contributed by atoms with van der Waals surface area (Å²) in [6.45, 7) is 5.51. The van der Waals surface area contributed by atoms with Crippen LogP contribution in [0.3, 0.4) is 0 Å². The van der Waals surface area contributed by atoms with Gasteiger partial charge in [-0.1, -0.05) is 13.3 Å². The number of carbonyl (C=O) groups is 1. The van der Waals surface area contributed by atoms with Crippen molar-refractivity contribution in [3.05, 3.63) is 29.6 Å². The van der Waals surface area contributed by atoms with Crippen molar-refractivity contribution in [1.29, 1.82) is 0 Å². The van der Waals surface area contributed by atoms with Crippen molar-refractivity contribution in [3.63, 3.8) is 0 Å². The molecule has 1 unspecified atom stereocenters. The van der Waals surface area contributed by atoms with Crippen LogP contribution in [0.15, 0.2) is 18.2 Å². The summed E-state index contributed by atoms with van der Waals surface area (Å²) in [5.41, 5.74) is 1.15. The van der Waals surface area contributed by atoms with Gasteiger partial charge in [-0.3, -0.25) is 4.79 Å². The van der Waals surface area contributed by atoms with Crippen molar-refractivity contribution < 1.29 is 9.18 Å². The molecule has 104 valence electrons. The van der Waals surface area contributed by atoms with E-state index in [4.69, 9.17) is 0 Å². The van der Waals surface area contributed by atoms with E-state index in [1.165, 1.54) is 12.1 Å². The van der Waals surface area contributed by atoms with Crippen molar-refractivity contribution in [1.82, 2.24) is 5.32 Å². The summed E-state index contributed by atoms with van der Waals surface area (Å²) >= 11 is 0. The predicted molar refractivity (Wildman–Crippen MR) is 74.6 cm³/mol. The van der Waals surface area contributed by atoms with Gasteiger partial charge in [-0.05, 0) is 50.1 Å². The SMILES string of the molecule is CCCC1(C(=O)Nc2ccc(F)cc2C)CCNC1. The molecule has 1 fully saturated rings. The second-order valence-electron chi connectivity index (χ2n) is 5.37. The van der Waals surface area contributed by atoms with Gasteiger partial charge in [0.15, 0.2) is 0 Å². The van der Waals surface area contributed by atoms with E-state index < -0.39 is 0 Å². The number of nitrogens with one attached hydrogen (secondary N) is 2. The smallest absolute Gasteiger partial charge is 0.231 e. The maximum atomic E-state index is 13.1. The Morgan fingerprint density at radius 2 is 2.32 bits per heavy atom. The minimum Gasteiger partial charge on any atom is -0.325 e. The van der Waals surface area contributed by atoms with E-state index in [2.05, 4.69) is 17.6 Å². The fourth-order valence-corrected chi connectivity index (χ4v) is 2.77. The first kappa shape index (κ1) is 14.0. The lowest BCUT2D eigenvalue weighted by Crippen LogP contribution is -2.38. The van der Waals surface area contributed by atoms with Crippen LogP contribution in [0.5, 0.6) is 0 Å². The van der Waals surface area contributed by atoms with E-state index in [-0.39, 0.29) is 17.1 Å². The molecule has 2 N–H and O–H groups in total. The van der Waals surface area contributed by atoms with E-state index in [1.54, 1.807) is 13.0 Å². The molecule has 1 aromatic rings. The third-order valence-electron chi connectivity index (χ3n) is 3.89. The summed E-state index contributed by atoms with van der Waals surface area (Å²) in [6, 6.07) is 4.45. The Balaban J connectivity index is 2.15. The Kier molecular flexibility index (Phi) is 4.20. The van der Waals surface area contributed by atoms with Crippen LogP contribution >= 0.6 is 0 Å². The molecule has 1 atom stereocenters. The van der Waals surface area contributed by atoms with Crippen LogP contribution in [0.25, 0.3) is 0 Å². The van der Waals surface area contributed by atoms with Crippen LogP contribution in [-0.2, 0) is 4.79 Å². The van der Waals surface area contributed by atoms with Crippen molar-refractivity contribution in [2.45, 2.75) is 33.1 Å². The van der Waals surface area contributed by atoms with Gasteiger partial charge in [0.1, 0.15) is 5.82 Å². The largest absolute Gasteiger partial charge is 0.325 e. The van der Waals surface area contributed by atoms with Gasteiger partial charge in [0.05, 0.1) is 5.41 Å². The van der Waals surface area contributed by atoms with Crippen molar-refractivity contribution in [3.8, 4) is 0 Å². The zero-order chi connectivity index (χ0) is 13.9. The molecule has 1 aromatic carbocycles.